The minimum Gasteiger partial charge on any atom is -0.415 e. The van der Waals surface area contributed by atoms with E-state index < -0.39 is 0 Å². The van der Waals surface area contributed by atoms with Gasteiger partial charge in [0.1, 0.15) is 11.6 Å². The predicted octanol–water partition coefficient (Wildman–Crippen LogP) is 0.258. The second-order valence-electron chi connectivity index (χ2n) is 3.18. The molecule has 0 radical (unpaired) electrons. The lowest BCUT2D eigenvalue weighted by Crippen LogP contribution is -1.97. The van der Waals surface area contributed by atoms with Crippen LogP contribution in [0.5, 0.6) is 0 Å². The Bertz CT molecular complexity index is 479. The topological polar surface area (TPSA) is 95.7 Å². The molecule has 8 heteroatoms. The second kappa shape index (κ2) is 4.62. The number of nitrogens with two attached hydrogens (primary N) is 1. The van der Waals surface area contributed by atoms with E-state index in [1.54, 1.807) is 0 Å². The lowest BCUT2D eigenvalue weighted by atomic mass is 10.6. The van der Waals surface area contributed by atoms with Gasteiger partial charge in [0.25, 0.3) is 5.22 Å². The fraction of sp³-hybridized carbons (Fsp3) is 0.500. The second-order valence-corrected chi connectivity index (χ2v) is 4.10. The van der Waals surface area contributed by atoms with E-state index in [1.165, 1.54) is 11.8 Å². The largest absolute Gasteiger partial charge is 0.415 e. The number of aryl methyl sites for hydroxylation is 1. The van der Waals surface area contributed by atoms with Crippen LogP contribution in [0.1, 0.15) is 17.5 Å². The Morgan fingerprint density at radius 3 is 2.69 bits per heavy atom. The van der Waals surface area contributed by atoms with Crippen LogP contribution in [0, 0.1) is 6.92 Å². The van der Waals surface area contributed by atoms with Gasteiger partial charge in [0.2, 0.25) is 5.89 Å². The van der Waals surface area contributed by atoms with Crippen LogP contribution in [0.4, 0.5) is 0 Å². The summed E-state index contributed by atoms with van der Waals surface area (Å²) >= 11 is 1.42. The molecule has 16 heavy (non-hydrogen) atoms. The molecule has 2 aromatic rings. The first kappa shape index (κ1) is 11.1. The van der Waals surface area contributed by atoms with Crippen molar-refractivity contribution in [2.24, 2.45) is 12.8 Å². The number of thioether (sulfide) groups is 1. The van der Waals surface area contributed by atoms with Crippen molar-refractivity contribution in [2.45, 2.75) is 24.4 Å². The van der Waals surface area contributed by atoms with Crippen molar-refractivity contribution in [2.75, 3.05) is 0 Å². The van der Waals surface area contributed by atoms with Crippen LogP contribution in [0.15, 0.2) is 9.64 Å². The molecule has 0 amide bonds. The van der Waals surface area contributed by atoms with Crippen molar-refractivity contribution in [3.8, 4) is 0 Å². The van der Waals surface area contributed by atoms with E-state index in [1.807, 2.05) is 18.5 Å². The number of hydrogen-bond acceptors (Lipinski definition) is 7. The predicted molar refractivity (Wildman–Crippen MR) is 57.5 cm³/mol. The van der Waals surface area contributed by atoms with Crippen LogP contribution in [0.2, 0.25) is 0 Å². The fourth-order valence-electron chi connectivity index (χ4n) is 1.08. The first-order chi connectivity index (χ1) is 7.70. The van der Waals surface area contributed by atoms with Crippen molar-refractivity contribution < 1.29 is 4.42 Å². The fourth-order valence-corrected chi connectivity index (χ4v) is 1.84. The van der Waals surface area contributed by atoms with Gasteiger partial charge in [0.05, 0.1) is 12.3 Å². The molecule has 0 saturated heterocycles. The Morgan fingerprint density at radius 1 is 1.31 bits per heavy atom. The number of hydrogen-bond donors (Lipinski definition) is 1. The monoisotopic (exact) mass is 240 g/mol. The van der Waals surface area contributed by atoms with Gasteiger partial charge in [-0.05, 0) is 6.92 Å². The number of nitrogens with zero attached hydrogens (tertiary/aromatic N) is 5. The van der Waals surface area contributed by atoms with Gasteiger partial charge >= 0.3 is 0 Å². The summed E-state index contributed by atoms with van der Waals surface area (Å²) in [6.07, 6.45) is 0. The van der Waals surface area contributed by atoms with E-state index in [2.05, 4.69) is 20.4 Å². The van der Waals surface area contributed by atoms with Crippen LogP contribution >= 0.6 is 11.8 Å². The average Bonchev–Trinajstić information content (AvgIpc) is 2.86. The van der Waals surface area contributed by atoms with E-state index in [9.17, 15) is 0 Å². The molecule has 0 unspecified atom stereocenters. The molecule has 0 atom stereocenters. The molecule has 0 aliphatic heterocycles. The maximum absolute atomic E-state index is 5.37. The Hall–Kier alpha value is -1.41. The third-order valence-corrected chi connectivity index (χ3v) is 2.94. The maximum atomic E-state index is 5.37. The zero-order valence-corrected chi connectivity index (χ0v) is 9.86. The van der Waals surface area contributed by atoms with Crippen LogP contribution in [0.25, 0.3) is 0 Å². The third kappa shape index (κ3) is 2.22. The summed E-state index contributed by atoms with van der Waals surface area (Å²) in [6.45, 7) is 2.16. The van der Waals surface area contributed by atoms with Gasteiger partial charge in [-0.1, -0.05) is 11.8 Å². The molecular weight excluding hydrogens is 228 g/mol. The molecule has 0 spiro atoms. The minimum absolute atomic E-state index is 0.261. The smallest absolute Gasteiger partial charge is 0.277 e. The SMILES string of the molecule is Cc1nnc(CSc2nnc(CN)o2)n1C. The van der Waals surface area contributed by atoms with E-state index in [4.69, 9.17) is 10.2 Å². The van der Waals surface area contributed by atoms with E-state index >= 15 is 0 Å². The molecule has 0 aliphatic carbocycles. The van der Waals surface area contributed by atoms with Gasteiger partial charge in [-0.15, -0.1) is 20.4 Å². The molecule has 7 nitrogen and oxygen atoms in total. The lowest BCUT2D eigenvalue weighted by molar-refractivity contribution is 0.414. The number of rotatable bonds is 4. The normalized spacial score (nSPS) is 10.9. The summed E-state index contributed by atoms with van der Waals surface area (Å²) in [7, 11) is 1.92. The molecule has 0 aliphatic rings. The first-order valence-electron chi connectivity index (χ1n) is 4.71. The summed E-state index contributed by atoms with van der Waals surface area (Å²) in [5.41, 5.74) is 5.37. The van der Waals surface area contributed by atoms with E-state index in [0.717, 1.165) is 11.6 Å². The molecule has 2 N–H and O–H groups in total. The Kier molecular flexibility index (Phi) is 3.20. The van der Waals surface area contributed by atoms with Gasteiger partial charge in [-0.25, -0.2) is 0 Å². The minimum atomic E-state index is 0.261. The van der Waals surface area contributed by atoms with Crippen molar-refractivity contribution in [3.63, 3.8) is 0 Å². The Morgan fingerprint density at radius 2 is 2.12 bits per heavy atom. The van der Waals surface area contributed by atoms with Crippen LogP contribution < -0.4 is 5.73 Å². The average molecular weight is 240 g/mol. The summed E-state index contributed by atoms with van der Waals surface area (Å²) in [5.74, 6) is 2.83. The van der Waals surface area contributed by atoms with Gasteiger partial charge in [0.15, 0.2) is 0 Å². The van der Waals surface area contributed by atoms with Gasteiger partial charge in [-0.3, -0.25) is 0 Å². The molecule has 0 bridgehead atoms. The summed E-state index contributed by atoms with van der Waals surface area (Å²) < 4.78 is 7.18. The van der Waals surface area contributed by atoms with E-state index in [0.29, 0.717) is 16.9 Å². The van der Waals surface area contributed by atoms with Gasteiger partial charge in [0, 0.05) is 7.05 Å². The molecular formula is C8H12N6OS. The van der Waals surface area contributed by atoms with Crippen molar-refractivity contribution in [1.82, 2.24) is 25.0 Å². The highest BCUT2D eigenvalue weighted by molar-refractivity contribution is 7.98. The highest BCUT2D eigenvalue weighted by Gasteiger charge is 2.09. The molecule has 2 aromatic heterocycles. The van der Waals surface area contributed by atoms with Crippen LogP contribution in [0.3, 0.4) is 0 Å². The maximum Gasteiger partial charge on any atom is 0.277 e. The van der Waals surface area contributed by atoms with E-state index in [-0.39, 0.29) is 6.54 Å². The quantitative estimate of drug-likeness (QED) is 0.765. The van der Waals surface area contributed by atoms with Gasteiger partial charge < -0.3 is 14.7 Å². The molecule has 86 valence electrons. The zero-order valence-electron chi connectivity index (χ0n) is 9.04. The highest BCUT2D eigenvalue weighted by atomic mass is 32.2. The van der Waals surface area contributed by atoms with Crippen molar-refractivity contribution >= 4 is 11.8 Å². The summed E-state index contributed by atoms with van der Waals surface area (Å²) in [6, 6.07) is 0. The van der Waals surface area contributed by atoms with Crippen molar-refractivity contribution in [1.29, 1.82) is 0 Å². The van der Waals surface area contributed by atoms with Gasteiger partial charge in [-0.2, -0.15) is 0 Å². The molecule has 0 saturated carbocycles. The molecule has 2 rings (SSSR count). The van der Waals surface area contributed by atoms with Crippen molar-refractivity contribution in [3.05, 3.63) is 17.5 Å². The standard InChI is InChI=1S/C8H12N6OS/c1-5-10-11-6(14(5)2)4-16-8-13-12-7(3-9)15-8/h3-4,9H2,1-2H3. The highest BCUT2D eigenvalue weighted by Crippen LogP contribution is 2.20. The van der Waals surface area contributed by atoms with Crippen LogP contribution in [-0.2, 0) is 19.3 Å². The first-order valence-corrected chi connectivity index (χ1v) is 5.69. The zero-order chi connectivity index (χ0) is 11.5. The summed E-state index contributed by atoms with van der Waals surface area (Å²) in [4.78, 5) is 0. The lowest BCUT2D eigenvalue weighted by Gasteiger charge is -1.98. The molecule has 2 heterocycles. The Labute approximate surface area is 96.4 Å². The molecule has 0 aromatic carbocycles. The third-order valence-electron chi connectivity index (χ3n) is 2.13. The Balaban J connectivity index is 1.99. The summed E-state index contributed by atoms with van der Waals surface area (Å²) in [5, 5.41) is 16.1. The molecule has 0 fully saturated rings. The number of aromatic nitrogens is 5. The van der Waals surface area contributed by atoms with Crippen LogP contribution in [-0.4, -0.2) is 25.0 Å².